The van der Waals surface area contributed by atoms with Crippen molar-refractivity contribution in [2.24, 2.45) is 0 Å². The van der Waals surface area contributed by atoms with Gasteiger partial charge >= 0.3 is 0 Å². The lowest BCUT2D eigenvalue weighted by Gasteiger charge is -2.30. The molecule has 3 heteroatoms. The highest BCUT2D eigenvalue weighted by Crippen LogP contribution is 2.07. The molecule has 0 saturated carbocycles. The van der Waals surface area contributed by atoms with Crippen LogP contribution in [0, 0.1) is 0 Å². The Morgan fingerprint density at radius 3 is 2.79 bits per heavy atom. The predicted molar refractivity (Wildman–Crippen MR) is 57.4 cm³/mol. The van der Waals surface area contributed by atoms with E-state index in [1.807, 2.05) is 0 Å². The van der Waals surface area contributed by atoms with Gasteiger partial charge in [-0.3, -0.25) is 4.90 Å². The summed E-state index contributed by atoms with van der Waals surface area (Å²) in [6.45, 7) is 6.73. The largest absolute Gasteiger partial charge is 0.396 e. The molecule has 1 aliphatic rings. The van der Waals surface area contributed by atoms with Gasteiger partial charge in [0.25, 0.3) is 0 Å². The Bertz CT molecular complexity index is 141. The lowest BCUT2D eigenvalue weighted by molar-refractivity contribution is -0.0186. The minimum absolute atomic E-state index is 0.342. The van der Waals surface area contributed by atoms with Crippen molar-refractivity contribution in [1.82, 2.24) is 4.90 Å². The molecule has 1 N–H and O–H groups in total. The van der Waals surface area contributed by atoms with Gasteiger partial charge in [-0.25, -0.2) is 0 Å². The number of hydrogen-bond acceptors (Lipinski definition) is 3. The van der Waals surface area contributed by atoms with E-state index < -0.39 is 0 Å². The SMILES string of the molecule is CC1CN(CCCCCCO)CCO1. The Hall–Kier alpha value is -0.120. The Morgan fingerprint density at radius 2 is 2.07 bits per heavy atom. The Kier molecular flexibility index (Phi) is 6.15. The fraction of sp³-hybridized carbons (Fsp3) is 1.00. The average Bonchev–Trinajstić information content (AvgIpc) is 2.18. The van der Waals surface area contributed by atoms with Gasteiger partial charge in [0.15, 0.2) is 0 Å². The molecule has 3 nitrogen and oxygen atoms in total. The van der Waals surface area contributed by atoms with Crippen molar-refractivity contribution in [3.63, 3.8) is 0 Å². The fourth-order valence-electron chi connectivity index (χ4n) is 1.89. The molecule has 1 atom stereocenters. The first-order valence-corrected chi connectivity index (χ1v) is 5.77. The van der Waals surface area contributed by atoms with Crippen molar-refractivity contribution in [3.8, 4) is 0 Å². The minimum atomic E-state index is 0.342. The maximum Gasteiger partial charge on any atom is 0.0674 e. The second-order valence-electron chi connectivity index (χ2n) is 4.12. The van der Waals surface area contributed by atoms with E-state index in [0.717, 1.165) is 32.5 Å². The van der Waals surface area contributed by atoms with Crippen molar-refractivity contribution in [2.45, 2.75) is 38.7 Å². The van der Waals surface area contributed by atoms with E-state index in [-0.39, 0.29) is 0 Å². The number of morpholine rings is 1. The van der Waals surface area contributed by atoms with Crippen LogP contribution < -0.4 is 0 Å². The summed E-state index contributed by atoms with van der Waals surface area (Å²) in [4.78, 5) is 2.48. The van der Waals surface area contributed by atoms with Gasteiger partial charge in [0.1, 0.15) is 0 Å². The van der Waals surface area contributed by atoms with E-state index in [1.54, 1.807) is 0 Å². The topological polar surface area (TPSA) is 32.7 Å². The molecular formula is C11H23NO2. The first-order chi connectivity index (χ1) is 6.83. The smallest absolute Gasteiger partial charge is 0.0674 e. The lowest BCUT2D eigenvalue weighted by atomic mass is 10.2. The van der Waals surface area contributed by atoms with E-state index in [9.17, 15) is 0 Å². The van der Waals surface area contributed by atoms with Gasteiger partial charge in [0.2, 0.25) is 0 Å². The zero-order valence-electron chi connectivity index (χ0n) is 9.24. The fourth-order valence-corrected chi connectivity index (χ4v) is 1.89. The van der Waals surface area contributed by atoms with E-state index in [2.05, 4.69) is 11.8 Å². The van der Waals surface area contributed by atoms with Crippen LogP contribution in [0.1, 0.15) is 32.6 Å². The van der Waals surface area contributed by atoms with Crippen LogP contribution in [0.5, 0.6) is 0 Å². The van der Waals surface area contributed by atoms with Crippen LogP contribution >= 0.6 is 0 Å². The molecule has 0 aromatic rings. The van der Waals surface area contributed by atoms with Gasteiger partial charge in [0.05, 0.1) is 12.7 Å². The summed E-state index contributed by atoms with van der Waals surface area (Å²) in [5, 5.41) is 8.62. The molecule has 1 unspecified atom stereocenters. The number of aliphatic hydroxyl groups excluding tert-OH is 1. The van der Waals surface area contributed by atoms with E-state index in [1.165, 1.54) is 19.4 Å². The van der Waals surface area contributed by atoms with Gasteiger partial charge in [-0.1, -0.05) is 12.8 Å². The number of ether oxygens (including phenoxy) is 1. The maximum absolute atomic E-state index is 8.62. The molecule has 0 aromatic carbocycles. The van der Waals surface area contributed by atoms with Crippen LogP contribution in [-0.2, 0) is 4.74 Å². The van der Waals surface area contributed by atoms with Crippen molar-refractivity contribution in [1.29, 1.82) is 0 Å². The van der Waals surface area contributed by atoms with Crippen molar-refractivity contribution in [2.75, 3.05) is 32.8 Å². The third-order valence-corrected chi connectivity index (χ3v) is 2.71. The normalized spacial score (nSPS) is 24.0. The van der Waals surface area contributed by atoms with E-state index in [0.29, 0.717) is 12.7 Å². The highest BCUT2D eigenvalue weighted by molar-refractivity contribution is 4.67. The summed E-state index contributed by atoms with van der Waals surface area (Å²) in [6.07, 6.45) is 5.02. The van der Waals surface area contributed by atoms with Gasteiger partial charge in [0, 0.05) is 19.7 Å². The van der Waals surface area contributed by atoms with Crippen LogP contribution in [0.15, 0.2) is 0 Å². The average molecular weight is 201 g/mol. The second-order valence-corrected chi connectivity index (χ2v) is 4.12. The number of nitrogens with zero attached hydrogens (tertiary/aromatic N) is 1. The highest BCUT2D eigenvalue weighted by Gasteiger charge is 2.15. The van der Waals surface area contributed by atoms with Gasteiger partial charge in [-0.05, 0) is 26.3 Å². The summed E-state index contributed by atoms with van der Waals surface area (Å²) in [5.41, 5.74) is 0. The number of aliphatic hydroxyl groups is 1. The zero-order chi connectivity index (χ0) is 10.2. The lowest BCUT2D eigenvalue weighted by Crippen LogP contribution is -2.41. The molecule has 1 fully saturated rings. The van der Waals surface area contributed by atoms with Gasteiger partial charge in [-0.2, -0.15) is 0 Å². The van der Waals surface area contributed by atoms with Crippen LogP contribution in [-0.4, -0.2) is 49.0 Å². The number of rotatable bonds is 6. The first kappa shape index (κ1) is 12.0. The van der Waals surface area contributed by atoms with Crippen LogP contribution in [0.25, 0.3) is 0 Å². The van der Waals surface area contributed by atoms with Gasteiger partial charge < -0.3 is 9.84 Å². The summed E-state index contributed by atoms with van der Waals surface area (Å²) in [6, 6.07) is 0. The predicted octanol–water partition coefficient (Wildman–Crippen LogP) is 1.26. The highest BCUT2D eigenvalue weighted by atomic mass is 16.5. The standard InChI is InChI=1S/C11H23NO2/c1-11-10-12(7-9-14-11)6-4-2-3-5-8-13/h11,13H,2-10H2,1H3. The quantitative estimate of drug-likeness (QED) is 0.657. The molecule has 0 amide bonds. The van der Waals surface area contributed by atoms with E-state index in [4.69, 9.17) is 9.84 Å². The monoisotopic (exact) mass is 201 g/mol. The molecule has 1 saturated heterocycles. The zero-order valence-corrected chi connectivity index (χ0v) is 9.24. The van der Waals surface area contributed by atoms with Crippen LogP contribution in [0.2, 0.25) is 0 Å². The molecule has 0 radical (unpaired) electrons. The molecule has 1 aliphatic heterocycles. The van der Waals surface area contributed by atoms with Crippen molar-refractivity contribution < 1.29 is 9.84 Å². The van der Waals surface area contributed by atoms with Crippen LogP contribution in [0.3, 0.4) is 0 Å². The van der Waals surface area contributed by atoms with E-state index >= 15 is 0 Å². The third kappa shape index (κ3) is 4.94. The summed E-state index contributed by atoms with van der Waals surface area (Å²) in [7, 11) is 0. The number of unbranched alkanes of at least 4 members (excludes halogenated alkanes) is 3. The molecule has 1 rings (SSSR count). The third-order valence-electron chi connectivity index (χ3n) is 2.71. The van der Waals surface area contributed by atoms with Crippen LogP contribution in [0.4, 0.5) is 0 Å². The number of hydrogen-bond donors (Lipinski definition) is 1. The summed E-state index contributed by atoms with van der Waals surface area (Å²) >= 11 is 0. The van der Waals surface area contributed by atoms with Crippen molar-refractivity contribution in [3.05, 3.63) is 0 Å². The molecule has 14 heavy (non-hydrogen) atoms. The Balaban J connectivity index is 1.95. The molecular weight excluding hydrogens is 178 g/mol. The summed E-state index contributed by atoms with van der Waals surface area (Å²) < 4.78 is 5.48. The molecule has 84 valence electrons. The first-order valence-electron chi connectivity index (χ1n) is 5.77. The second kappa shape index (κ2) is 7.21. The molecule has 0 bridgehead atoms. The summed E-state index contributed by atoms with van der Waals surface area (Å²) in [5.74, 6) is 0. The molecule has 1 heterocycles. The Morgan fingerprint density at radius 1 is 1.29 bits per heavy atom. The molecule has 0 aromatic heterocycles. The maximum atomic E-state index is 8.62. The Labute approximate surface area is 87.1 Å². The molecule has 0 aliphatic carbocycles. The van der Waals surface area contributed by atoms with Crippen molar-refractivity contribution >= 4 is 0 Å². The minimum Gasteiger partial charge on any atom is -0.396 e. The van der Waals surface area contributed by atoms with Gasteiger partial charge in [-0.15, -0.1) is 0 Å². The molecule has 0 spiro atoms.